The highest BCUT2D eigenvalue weighted by Crippen LogP contribution is 2.31. The fraction of sp³-hybridized carbons (Fsp3) is 0.0800. The third kappa shape index (κ3) is 4.77. The fourth-order valence-corrected chi connectivity index (χ4v) is 3.44. The van der Waals surface area contributed by atoms with Gasteiger partial charge in [0.1, 0.15) is 18.0 Å². The predicted octanol–water partition coefficient (Wildman–Crippen LogP) is 4.73. The summed E-state index contributed by atoms with van der Waals surface area (Å²) in [5.74, 6) is -1.32. The summed E-state index contributed by atoms with van der Waals surface area (Å²) in [5.41, 5.74) is 0.863. The second-order valence-electron chi connectivity index (χ2n) is 7.22. The number of imide groups is 2. The number of ether oxygens (including phenoxy) is 2. The Balaban J connectivity index is 1.60. The summed E-state index contributed by atoms with van der Waals surface area (Å²) < 4.78 is 24.9. The Morgan fingerprint density at radius 2 is 1.74 bits per heavy atom. The largest absolute Gasteiger partial charge is 0.493 e. The summed E-state index contributed by atoms with van der Waals surface area (Å²) in [6.45, 7) is -0.0114. The van der Waals surface area contributed by atoms with Crippen LogP contribution in [0, 0.1) is 5.82 Å². The first-order valence-electron chi connectivity index (χ1n) is 10.1. The van der Waals surface area contributed by atoms with E-state index in [-0.39, 0.29) is 23.7 Å². The zero-order chi connectivity index (χ0) is 24.2. The van der Waals surface area contributed by atoms with Crippen LogP contribution in [0.25, 0.3) is 6.08 Å². The number of rotatable bonds is 6. The third-order valence-electron chi connectivity index (χ3n) is 5.03. The molecule has 1 aliphatic rings. The molecule has 34 heavy (non-hydrogen) atoms. The predicted molar refractivity (Wildman–Crippen MR) is 124 cm³/mol. The molecule has 172 valence electrons. The SMILES string of the molecule is COc1cc(C=C2C(=O)NC(=O)N(c3ccc(Cl)cc3)C2=O)ccc1OCc1ccccc1F. The molecule has 0 saturated carbocycles. The van der Waals surface area contributed by atoms with Gasteiger partial charge in [0.2, 0.25) is 0 Å². The van der Waals surface area contributed by atoms with Crippen molar-refractivity contribution in [3.05, 3.63) is 94.3 Å². The molecular formula is C25H18ClFN2O5. The molecule has 0 spiro atoms. The molecule has 4 rings (SSSR count). The molecule has 4 amide bonds. The lowest BCUT2D eigenvalue weighted by Crippen LogP contribution is -2.54. The number of hydrogen-bond acceptors (Lipinski definition) is 5. The Morgan fingerprint density at radius 1 is 1.00 bits per heavy atom. The molecule has 0 bridgehead atoms. The van der Waals surface area contributed by atoms with Crippen LogP contribution in [0.4, 0.5) is 14.9 Å². The van der Waals surface area contributed by atoms with E-state index in [1.165, 1.54) is 43.5 Å². The molecule has 0 aromatic heterocycles. The van der Waals surface area contributed by atoms with E-state index in [2.05, 4.69) is 5.32 Å². The molecule has 1 heterocycles. The number of anilines is 1. The number of urea groups is 1. The highest BCUT2D eigenvalue weighted by molar-refractivity contribution is 6.39. The van der Waals surface area contributed by atoms with Crippen LogP contribution in [0.5, 0.6) is 11.5 Å². The number of barbiturate groups is 1. The van der Waals surface area contributed by atoms with Crippen molar-refractivity contribution in [2.75, 3.05) is 12.0 Å². The molecule has 3 aromatic rings. The zero-order valence-corrected chi connectivity index (χ0v) is 18.6. The van der Waals surface area contributed by atoms with E-state index in [0.29, 0.717) is 27.6 Å². The van der Waals surface area contributed by atoms with Crippen molar-refractivity contribution in [3.8, 4) is 11.5 Å². The minimum absolute atomic E-state index is 0.0114. The second kappa shape index (κ2) is 9.76. The summed E-state index contributed by atoms with van der Waals surface area (Å²) in [7, 11) is 1.43. The number of amides is 4. The Kier molecular flexibility index (Phi) is 6.60. The van der Waals surface area contributed by atoms with E-state index >= 15 is 0 Å². The summed E-state index contributed by atoms with van der Waals surface area (Å²) in [6, 6.07) is 16.2. The van der Waals surface area contributed by atoms with Crippen molar-refractivity contribution in [3.63, 3.8) is 0 Å². The van der Waals surface area contributed by atoms with Crippen molar-refractivity contribution in [1.29, 1.82) is 0 Å². The zero-order valence-electron chi connectivity index (χ0n) is 17.9. The Morgan fingerprint density at radius 3 is 2.44 bits per heavy atom. The van der Waals surface area contributed by atoms with Crippen LogP contribution in [0.3, 0.4) is 0 Å². The van der Waals surface area contributed by atoms with Gasteiger partial charge < -0.3 is 9.47 Å². The van der Waals surface area contributed by atoms with Crippen molar-refractivity contribution in [2.24, 2.45) is 0 Å². The normalized spacial score (nSPS) is 14.9. The van der Waals surface area contributed by atoms with Crippen molar-refractivity contribution < 1.29 is 28.2 Å². The highest BCUT2D eigenvalue weighted by atomic mass is 35.5. The number of halogens is 2. The number of carbonyl (C=O) groups excluding carboxylic acids is 3. The maximum Gasteiger partial charge on any atom is 0.335 e. The topological polar surface area (TPSA) is 84.9 Å². The van der Waals surface area contributed by atoms with Gasteiger partial charge in [-0.2, -0.15) is 0 Å². The number of nitrogens with zero attached hydrogens (tertiary/aromatic N) is 1. The van der Waals surface area contributed by atoms with Crippen LogP contribution in [-0.4, -0.2) is 25.0 Å². The van der Waals surface area contributed by atoms with Gasteiger partial charge in [-0.3, -0.25) is 14.9 Å². The molecule has 7 nitrogen and oxygen atoms in total. The molecule has 0 atom stereocenters. The van der Waals surface area contributed by atoms with E-state index < -0.39 is 17.8 Å². The minimum atomic E-state index is -0.857. The maximum atomic E-state index is 13.9. The molecule has 9 heteroatoms. The van der Waals surface area contributed by atoms with Gasteiger partial charge in [-0.15, -0.1) is 0 Å². The van der Waals surface area contributed by atoms with Gasteiger partial charge in [0.25, 0.3) is 11.8 Å². The van der Waals surface area contributed by atoms with Crippen LogP contribution in [-0.2, 0) is 16.2 Å². The van der Waals surface area contributed by atoms with E-state index in [0.717, 1.165) is 4.90 Å². The molecule has 0 radical (unpaired) electrons. The summed E-state index contributed by atoms with van der Waals surface area (Å²) in [6.07, 6.45) is 1.34. The quantitative estimate of drug-likeness (QED) is 0.407. The molecular weight excluding hydrogens is 463 g/mol. The van der Waals surface area contributed by atoms with Gasteiger partial charge in [0.15, 0.2) is 11.5 Å². The summed E-state index contributed by atoms with van der Waals surface area (Å²) in [4.78, 5) is 38.6. The van der Waals surface area contributed by atoms with E-state index in [1.807, 2.05) is 0 Å². The van der Waals surface area contributed by atoms with Gasteiger partial charge in [-0.25, -0.2) is 14.1 Å². The smallest absolute Gasteiger partial charge is 0.335 e. The average molecular weight is 481 g/mol. The van der Waals surface area contributed by atoms with Crippen LogP contribution < -0.4 is 19.7 Å². The van der Waals surface area contributed by atoms with E-state index in [1.54, 1.807) is 36.4 Å². The van der Waals surface area contributed by atoms with Gasteiger partial charge in [0.05, 0.1) is 12.8 Å². The Hall–Kier alpha value is -4.17. The van der Waals surface area contributed by atoms with Crippen LogP contribution in [0.1, 0.15) is 11.1 Å². The molecule has 3 aromatic carbocycles. The third-order valence-corrected chi connectivity index (χ3v) is 5.28. The number of hydrogen-bond donors (Lipinski definition) is 1. The van der Waals surface area contributed by atoms with Gasteiger partial charge in [-0.1, -0.05) is 35.9 Å². The van der Waals surface area contributed by atoms with E-state index in [4.69, 9.17) is 21.1 Å². The van der Waals surface area contributed by atoms with Gasteiger partial charge in [0, 0.05) is 10.6 Å². The lowest BCUT2D eigenvalue weighted by molar-refractivity contribution is -0.122. The molecule has 1 saturated heterocycles. The standard InChI is InChI=1S/C25H18ClFN2O5/c1-33-22-13-15(6-11-21(22)34-14-16-4-2-3-5-20(16)27)12-19-23(30)28-25(32)29(24(19)31)18-9-7-17(26)8-10-18/h2-13H,14H2,1H3,(H,28,30,32). The highest BCUT2D eigenvalue weighted by Gasteiger charge is 2.36. The summed E-state index contributed by atoms with van der Waals surface area (Å²) >= 11 is 5.88. The molecule has 1 N–H and O–H groups in total. The van der Waals surface area contributed by atoms with Crippen molar-refractivity contribution >= 4 is 41.2 Å². The van der Waals surface area contributed by atoms with Gasteiger partial charge in [-0.05, 0) is 54.1 Å². The van der Waals surface area contributed by atoms with E-state index in [9.17, 15) is 18.8 Å². The fourth-order valence-electron chi connectivity index (χ4n) is 3.31. The van der Waals surface area contributed by atoms with Crippen LogP contribution in [0.2, 0.25) is 5.02 Å². The number of nitrogens with one attached hydrogen (secondary N) is 1. The molecule has 0 aliphatic carbocycles. The average Bonchev–Trinajstić information content (AvgIpc) is 2.82. The van der Waals surface area contributed by atoms with Gasteiger partial charge >= 0.3 is 6.03 Å². The minimum Gasteiger partial charge on any atom is -0.493 e. The van der Waals surface area contributed by atoms with Crippen molar-refractivity contribution in [1.82, 2.24) is 5.32 Å². The lowest BCUT2D eigenvalue weighted by atomic mass is 10.1. The number of methoxy groups -OCH3 is 1. The first kappa shape index (κ1) is 23.0. The number of benzene rings is 3. The molecule has 0 unspecified atom stereocenters. The maximum absolute atomic E-state index is 13.9. The van der Waals surface area contributed by atoms with Crippen molar-refractivity contribution in [2.45, 2.75) is 6.61 Å². The Labute approximate surface area is 199 Å². The Bertz CT molecular complexity index is 1310. The molecule has 1 aliphatic heterocycles. The first-order chi connectivity index (χ1) is 16.4. The lowest BCUT2D eigenvalue weighted by Gasteiger charge is -2.26. The molecule has 1 fully saturated rings. The summed E-state index contributed by atoms with van der Waals surface area (Å²) in [5, 5.41) is 2.60. The van der Waals surface area contributed by atoms with Crippen LogP contribution in [0.15, 0.2) is 72.3 Å². The second-order valence-corrected chi connectivity index (χ2v) is 7.66. The van der Waals surface area contributed by atoms with Crippen LogP contribution >= 0.6 is 11.6 Å². The first-order valence-corrected chi connectivity index (χ1v) is 10.5. The number of carbonyl (C=O) groups is 3. The monoisotopic (exact) mass is 480 g/mol.